The molecule has 0 radical (unpaired) electrons. The highest BCUT2D eigenvalue weighted by molar-refractivity contribution is 5.91. The monoisotopic (exact) mass is 296 g/mol. The molecule has 3 heteroatoms. The highest BCUT2D eigenvalue weighted by Crippen LogP contribution is 2.14. The van der Waals surface area contributed by atoms with E-state index in [0.717, 1.165) is 16.8 Å². The summed E-state index contributed by atoms with van der Waals surface area (Å²) in [7, 11) is 0. The average Bonchev–Trinajstić information content (AvgIpc) is 2.47. The Morgan fingerprint density at radius 1 is 1.05 bits per heavy atom. The second kappa shape index (κ2) is 7.76. The van der Waals surface area contributed by atoms with Gasteiger partial charge >= 0.3 is 0 Å². The fraction of sp³-hybridized carbons (Fsp3) is 0.316. The number of aryl methyl sites for hydroxylation is 2. The summed E-state index contributed by atoms with van der Waals surface area (Å²) in [6.07, 6.45) is 0.462. The number of anilines is 1. The van der Waals surface area contributed by atoms with E-state index in [4.69, 9.17) is 0 Å². The van der Waals surface area contributed by atoms with Crippen LogP contribution in [0.5, 0.6) is 0 Å². The van der Waals surface area contributed by atoms with Crippen molar-refractivity contribution in [3.8, 4) is 0 Å². The van der Waals surface area contributed by atoms with E-state index in [-0.39, 0.29) is 11.9 Å². The van der Waals surface area contributed by atoms with E-state index in [9.17, 15) is 4.79 Å². The van der Waals surface area contributed by atoms with Gasteiger partial charge < -0.3 is 10.6 Å². The number of carbonyl (C=O) groups excluding carboxylic acids is 1. The normalized spacial score (nSPS) is 12.0. The first-order valence-electron chi connectivity index (χ1n) is 7.71. The van der Waals surface area contributed by atoms with E-state index in [2.05, 4.69) is 35.8 Å². The lowest BCUT2D eigenvalue weighted by molar-refractivity contribution is -0.116. The van der Waals surface area contributed by atoms with Gasteiger partial charge in [0.25, 0.3) is 0 Å². The van der Waals surface area contributed by atoms with Crippen LogP contribution in [0.15, 0.2) is 48.5 Å². The van der Waals surface area contributed by atoms with Crippen LogP contribution in [0, 0.1) is 13.8 Å². The minimum atomic E-state index is 0.0396. The van der Waals surface area contributed by atoms with Gasteiger partial charge in [-0.15, -0.1) is 0 Å². The van der Waals surface area contributed by atoms with Gasteiger partial charge in [-0.05, 0) is 49.6 Å². The Kier molecular flexibility index (Phi) is 5.73. The lowest BCUT2D eigenvalue weighted by atomic mass is 10.1. The molecule has 2 N–H and O–H groups in total. The highest BCUT2D eigenvalue weighted by atomic mass is 16.1. The number of hydrogen-bond donors (Lipinski definition) is 2. The smallest absolute Gasteiger partial charge is 0.225 e. The van der Waals surface area contributed by atoms with Crippen LogP contribution in [-0.4, -0.2) is 12.5 Å². The van der Waals surface area contributed by atoms with Crippen molar-refractivity contribution in [2.24, 2.45) is 0 Å². The van der Waals surface area contributed by atoms with Crippen molar-refractivity contribution in [2.75, 3.05) is 11.9 Å². The summed E-state index contributed by atoms with van der Waals surface area (Å²) in [4.78, 5) is 12.0. The first-order chi connectivity index (χ1) is 10.5. The minimum Gasteiger partial charge on any atom is -0.326 e. The SMILES string of the molecule is Cc1cc(C)cc(NC(=O)CCNC(C)c2ccccc2)c1. The summed E-state index contributed by atoms with van der Waals surface area (Å²) in [6.45, 7) is 6.83. The maximum absolute atomic E-state index is 12.0. The molecule has 0 aliphatic heterocycles. The maximum atomic E-state index is 12.0. The fourth-order valence-electron chi connectivity index (χ4n) is 2.53. The summed E-state index contributed by atoms with van der Waals surface area (Å²) in [6, 6.07) is 16.6. The van der Waals surface area contributed by atoms with Crippen LogP contribution in [0.25, 0.3) is 0 Å². The third kappa shape index (κ3) is 5.01. The molecule has 0 aliphatic rings. The summed E-state index contributed by atoms with van der Waals surface area (Å²) in [5.41, 5.74) is 4.42. The zero-order chi connectivity index (χ0) is 15.9. The molecule has 2 aromatic carbocycles. The fourth-order valence-corrected chi connectivity index (χ4v) is 2.53. The van der Waals surface area contributed by atoms with Gasteiger partial charge in [0.05, 0.1) is 0 Å². The molecule has 1 amide bonds. The van der Waals surface area contributed by atoms with Gasteiger partial charge in [-0.25, -0.2) is 0 Å². The van der Waals surface area contributed by atoms with E-state index >= 15 is 0 Å². The predicted molar refractivity (Wildman–Crippen MR) is 92.0 cm³/mol. The number of rotatable bonds is 6. The van der Waals surface area contributed by atoms with Crippen LogP contribution in [0.3, 0.4) is 0 Å². The Hall–Kier alpha value is -2.13. The molecular formula is C19H24N2O. The number of amides is 1. The Morgan fingerprint density at radius 2 is 1.68 bits per heavy atom. The quantitative estimate of drug-likeness (QED) is 0.846. The van der Waals surface area contributed by atoms with Gasteiger partial charge in [0.15, 0.2) is 0 Å². The summed E-state index contributed by atoms with van der Waals surface area (Å²) in [5.74, 6) is 0.0396. The van der Waals surface area contributed by atoms with Crippen LogP contribution in [0.2, 0.25) is 0 Å². The van der Waals surface area contributed by atoms with Crippen molar-refractivity contribution in [1.29, 1.82) is 0 Å². The molecule has 3 nitrogen and oxygen atoms in total. The van der Waals surface area contributed by atoms with E-state index in [1.165, 1.54) is 5.56 Å². The molecule has 22 heavy (non-hydrogen) atoms. The predicted octanol–water partition coefficient (Wildman–Crippen LogP) is 3.98. The molecule has 0 heterocycles. The van der Waals surface area contributed by atoms with E-state index in [1.807, 2.05) is 44.2 Å². The van der Waals surface area contributed by atoms with E-state index < -0.39 is 0 Å². The largest absolute Gasteiger partial charge is 0.326 e. The minimum absolute atomic E-state index is 0.0396. The van der Waals surface area contributed by atoms with Gasteiger partial charge in [0.1, 0.15) is 0 Å². The molecule has 0 spiro atoms. The summed E-state index contributed by atoms with van der Waals surface area (Å²) in [5, 5.41) is 6.34. The van der Waals surface area contributed by atoms with Crippen molar-refractivity contribution in [2.45, 2.75) is 33.2 Å². The Morgan fingerprint density at radius 3 is 2.32 bits per heavy atom. The molecule has 0 aromatic heterocycles. The van der Waals surface area contributed by atoms with E-state index in [0.29, 0.717) is 13.0 Å². The second-order valence-electron chi connectivity index (χ2n) is 5.76. The Balaban J connectivity index is 1.78. The lowest BCUT2D eigenvalue weighted by Gasteiger charge is -2.14. The van der Waals surface area contributed by atoms with Crippen LogP contribution in [0.1, 0.15) is 36.1 Å². The van der Waals surface area contributed by atoms with E-state index in [1.54, 1.807) is 0 Å². The molecule has 0 bridgehead atoms. The molecule has 0 aliphatic carbocycles. The second-order valence-corrected chi connectivity index (χ2v) is 5.76. The van der Waals surface area contributed by atoms with Crippen molar-refractivity contribution < 1.29 is 4.79 Å². The first kappa shape index (κ1) is 16.2. The van der Waals surface area contributed by atoms with Gasteiger partial charge in [-0.1, -0.05) is 36.4 Å². The zero-order valence-electron chi connectivity index (χ0n) is 13.5. The zero-order valence-corrected chi connectivity index (χ0v) is 13.5. The molecule has 0 saturated carbocycles. The van der Waals surface area contributed by atoms with Gasteiger partial charge in [0, 0.05) is 24.7 Å². The first-order valence-corrected chi connectivity index (χ1v) is 7.71. The highest BCUT2D eigenvalue weighted by Gasteiger charge is 2.06. The van der Waals surface area contributed by atoms with Crippen molar-refractivity contribution >= 4 is 11.6 Å². The molecule has 1 atom stereocenters. The summed E-state index contributed by atoms with van der Waals surface area (Å²) >= 11 is 0. The number of benzene rings is 2. The third-order valence-electron chi connectivity index (χ3n) is 3.61. The average molecular weight is 296 g/mol. The molecular weight excluding hydrogens is 272 g/mol. The Labute approximate surface area is 132 Å². The van der Waals surface area contributed by atoms with Gasteiger partial charge in [-0.3, -0.25) is 4.79 Å². The van der Waals surface area contributed by atoms with Crippen LogP contribution in [-0.2, 0) is 4.79 Å². The molecule has 0 fully saturated rings. The van der Waals surface area contributed by atoms with Gasteiger partial charge in [0.2, 0.25) is 5.91 Å². The third-order valence-corrected chi connectivity index (χ3v) is 3.61. The van der Waals surface area contributed by atoms with Crippen molar-refractivity contribution in [3.63, 3.8) is 0 Å². The number of carbonyl (C=O) groups is 1. The van der Waals surface area contributed by atoms with Crippen LogP contribution in [0.4, 0.5) is 5.69 Å². The molecule has 116 valence electrons. The summed E-state index contributed by atoms with van der Waals surface area (Å²) < 4.78 is 0. The number of nitrogens with one attached hydrogen (secondary N) is 2. The standard InChI is InChI=1S/C19H24N2O/c1-14-11-15(2)13-18(12-14)21-19(22)9-10-20-16(3)17-7-5-4-6-8-17/h4-8,11-13,16,20H,9-10H2,1-3H3,(H,21,22). The van der Waals surface area contributed by atoms with Crippen LogP contribution < -0.4 is 10.6 Å². The maximum Gasteiger partial charge on any atom is 0.225 e. The van der Waals surface area contributed by atoms with Gasteiger partial charge in [-0.2, -0.15) is 0 Å². The molecule has 2 rings (SSSR count). The molecule has 2 aromatic rings. The molecule has 1 unspecified atom stereocenters. The van der Waals surface area contributed by atoms with Crippen molar-refractivity contribution in [3.05, 3.63) is 65.2 Å². The topological polar surface area (TPSA) is 41.1 Å². The van der Waals surface area contributed by atoms with Crippen LogP contribution >= 0.6 is 0 Å². The van der Waals surface area contributed by atoms with Crippen molar-refractivity contribution in [1.82, 2.24) is 5.32 Å². The molecule has 0 saturated heterocycles. The Bertz CT molecular complexity index is 602. The lowest BCUT2D eigenvalue weighted by Crippen LogP contribution is -2.24. The number of hydrogen-bond acceptors (Lipinski definition) is 2.